The molecule has 0 aliphatic heterocycles. The first-order chi connectivity index (χ1) is 9.19. The molecule has 1 amide bonds. The fourth-order valence-corrected chi connectivity index (χ4v) is 2.19. The summed E-state index contributed by atoms with van der Waals surface area (Å²) >= 11 is 0. The van der Waals surface area contributed by atoms with Crippen molar-refractivity contribution in [1.82, 2.24) is 5.32 Å². The summed E-state index contributed by atoms with van der Waals surface area (Å²) in [6, 6.07) is 9.21. The number of benzene rings is 1. The van der Waals surface area contributed by atoms with Gasteiger partial charge < -0.3 is 11.1 Å². The van der Waals surface area contributed by atoms with Crippen molar-refractivity contribution in [3.63, 3.8) is 0 Å². The molecule has 0 saturated carbocycles. The van der Waals surface area contributed by atoms with E-state index >= 15 is 0 Å². The number of carbonyl (C=O) groups excluding carboxylic acids is 1. The highest BCUT2D eigenvalue weighted by Gasteiger charge is 2.18. The van der Waals surface area contributed by atoms with Crippen molar-refractivity contribution in [2.24, 2.45) is 5.73 Å². The van der Waals surface area contributed by atoms with Crippen LogP contribution in [0.2, 0.25) is 0 Å². The summed E-state index contributed by atoms with van der Waals surface area (Å²) in [5.74, 6) is -0.0687. The Balaban J connectivity index is 2.55. The Morgan fingerprint density at radius 1 is 1.16 bits per heavy atom. The SMILES string of the molecule is CCCCC(CCC)NC(=O)[C@@H](N)c1ccccc1. The van der Waals surface area contributed by atoms with Crippen molar-refractivity contribution in [2.75, 3.05) is 0 Å². The van der Waals surface area contributed by atoms with Crippen LogP contribution < -0.4 is 11.1 Å². The molecule has 0 aliphatic rings. The van der Waals surface area contributed by atoms with Gasteiger partial charge in [0.25, 0.3) is 0 Å². The minimum absolute atomic E-state index is 0.0687. The molecule has 0 bridgehead atoms. The van der Waals surface area contributed by atoms with Crippen molar-refractivity contribution in [2.45, 2.75) is 58.0 Å². The molecule has 106 valence electrons. The second-order valence-electron chi connectivity index (χ2n) is 5.02. The number of rotatable bonds is 8. The Kier molecular flexibility index (Phi) is 7.19. The summed E-state index contributed by atoms with van der Waals surface area (Å²) in [7, 11) is 0. The first-order valence-electron chi connectivity index (χ1n) is 7.29. The van der Waals surface area contributed by atoms with Crippen molar-refractivity contribution in [3.05, 3.63) is 35.9 Å². The van der Waals surface area contributed by atoms with Gasteiger partial charge in [-0.3, -0.25) is 4.79 Å². The van der Waals surface area contributed by atoms with Gasteiger partial charge in [0, 0.05) is 6.04 Å². The summed E-state index contributed by atoms with van der Waals surface area (Å²) in [6.45, 7) is 4.31. The van der Waals surface area contributed by atoms with Crippen LogP contribution in [-0.4, -0.2) is 11.9 Å². The Hall–Kier alpha value is -1.35. The van der Waals surface area contributed by atoms with Gasteiger partial charge >= 0.3 is 0 Å². The fraction of sp³-hybridized carbons (Fsp3) is 0.562. The van der Waals surface area contributed by atoms with Crippen LogP contribution >= 0.6 is 0 Å². The standard InChI is InChI=1S/C16H26N2O/c1-3-5-12-14(9-4-2)18-16(19)15(17)13-10-7-6-8-11-13/h6-8,10-11,14-15H,3-5,9,12,17H2,1-2H3,(H,18,19)/t14?,15-/m0/s1. The van der Waals surface area contributed by atoms with E-state index in [0.717, 1.165) is 37.7 Å². The zero-order valence-corrected chi connectivity index (χ0v) is 12.1. The summed E-state index contributed by atoms with van der Waals surface area (Å²) in [4.78, 5) is 12.2. The number of unbranched alkanes of at least 4 members (excludes halogenated alkanes) is 1. The second-order valence-corrected chi connectivity index (χ2v) is 5.02. The third-order valence-corrected chi connectivity index (χ3v) is 3.33. The van der Waals surface area contributed by atoms with Crippen molar-refractivity contribution in [1.29, 1.82) is 0 Å². The molecule has 0 heterocycles. The quantitative estimate of drug-likeness (QED) is 0.756. The van der Waals surface area contributed by atoms with Gasteiger partial charge in [-0.05, 0) is 18.4 Å². The Bertz CT molecular complexity index is 364. The highest BCUT2D eigenvalue weighted by Crippen LogP contribution is 2.12. The highest BCUT2D eigenvalue weighted by atomic mass is 16.2. The maximum Gasteiger partial charge on any atom is 0.241 e. The van der Waals surface area contributed by atoms with Crippen LogP contribution in [0.25, 0.3) is 0 Å². The van der Waals surface area contributed by atoms with Crippen LogP contribution in [0, 0.1) is 0 Å². The number of hydrogen-bond acceptors (Lipinski definition) is 2. The van der Waals surface area contributed by atoms with Gasteiger partial charge in [0.1, 0.15) is 6.04 Å². The molecule has 1 aromatic carbocycles. The lowest BCUT2D eigenvalue weighted by Crippen LogP contribution is -2.40. The smallest absolute Gasteiger partial charge is 0.241 e. The summed E-state index contributed by atoms with van der Waals surface area (Å²) in [5, 5.41) is 3.09. The summed E-state index contributed by atoms with van der Waals surface area (Å²) in [5.41, 5.74) is 6.87. The van der Waals surface area contributed by atoms with Gasteiger partial charge in [-0.1, -0.05) is 63.4 Å². The molecule has 0 radical (unpaired) electrons. The Labute approximate surface area is 116 Å². The number of nitrogens with one attached hydrogen (secondary N) is 1. The van der Waals surface area contributed by atoms with Gasteiger partial charge in [-0.2, -0.15) is 0 Å². The van der Waals surface area contributed by atoms with E-state index < -0.39 is 6.04 Å². The molecule has 0 spiro atoms. The molecule has 0 saturated heterocycles. The largest absolute Gasteiger partial charge is 0.352 e. The van der Waals surface area contributed by atoms with E-state index in [-0.39, 0.29) is 11.9 Å². The molecule has 1 unspecified atom stereocenters. The van der Waals surface area contributed by atoms with E-state index in [9.17, 15) is 4.79 Å². The molecule has 0 aliphatic carbocycles. The van der Waals surface area contributed by atoms with Crippen LogP contribution in [0.3, 0.4) is 0 Å². The van der Waals surface area contributed by atoms with Crippen LogP contribution in [0.1, 0.15) is 57.6 Å². The highest BCUT2D eigenvalue weighted by molar-refractivity contribution is 5.83. The first-order valence-corrected chi connectivity index (χ1v) is 7.29. The Morgan fingerprint density at radius 2 is 1.84 bits per heavy atom. The van der Waals surface area contributed by atoms with E-state index in [1.54, 1.807) is 0 Å². The average molecular weight is 262 g/mol. The lowest BCUT2D eigenvalue weighted by Gasteiger charge is -2.20. The minimum atomic E-state index is -0.567. The third kappa shape index (κ3) is 5.43. The summed E-state index contributed by atoms with van der Waals surface area (Å²) < 4.78 is 0. The molecule has 2 atom stereocenters. The van der Waals surface area contributed by atoms with E-state index in [1.807, 2.05) is 30.3 Å². The number of amides is 1. The summed E-state index contributed by atoms with van der Waals surface area (Å²) in [6.07, 6.45) is 5.44. The van der Waals surface area contributed by atoms with Crippen molar-refractivity contribution in [3.8, 4) is 0 Å². The number of nitrogens with two attached hydrogens (primary N) is 1. The van der Waals surface area contributed by atoms with E-state index in [0.29, 0.717) is 0 Å². The van der Waals surface area contributed by atoms with Crippen LogP contribution in [0.15, 0.2) is 30.3 Å². The van der Waals surface area contributed by atoms with Gasteiger partial charge in [-0.25, -0.2) is 0 Å². The molecule has 1 aromatic rings. The van der Waals surface area contributed by atoms with Crippen LogP contribution in [0.4, 0.5) is 0 Å². The molecule has 0 aromatic heterocycles. The lowest BCUT2D eigenvalue weighted by molar-refractivity contribution is -0.123. The maximum absolute atomic E-state index is 12.2. The molecule has 3 N–H and O–H groups in total. The number of hydrogen-bond donors (Lipinski definition) is 2. The van der Waals surface area contributed by atoms with Crippen molar-refractivity contribution < 1.29 is 4.79 Å². The molecule has 1 rings (SSSR count). The predicted octanol–water partition coefficient (Wildman–Crippen LogP) is 3.16. The molecular formula is C16H26N2O. The van der Waals surface area contributed by atoms with Crippen LogP contribution in [0.5, 0.6) is 0 Å². The second kappa shape index (κ2) is 8.70. The zero-order valence-electron chi connectivity index (χ0n) is 12.1. The molecule has 19 heavy (non-hydrogen) atoms. The third-order valence-electron chi connectivity index (χ3n) is 3.33. The number of carbonyl (C=O) groups is 1. The van der Waals surface area contributed by atoms with E-state index in [2.05, 4.69) is 19.2 Å². The van der Waals surface area contributed by atoms with Gasteiger partial charge in [0.05, 0.1) is 0 Å². The Morgan fingerprint density at radius 3 is 2.42 bits per heavy atom. The molecule has 0 fully saturated rings. The van der Waals surface area contributed by atoms with E-state index in [4.69, 9.17) is 5.73 Å². The van der Waals surface area contributed by atoms with Gasteiger partial charge in [0.15, 0.2) is 0 Å². The molecule has 3 nitrogen and oxygen atoms in total. The predicted molar refractivity (Wildman–Crippen MR) is 79.7 cm³/mol. The maximum atomic E-state index is 12.2. The monoisotopic (exact) mass is 262 g/mol. The minimum Gasteiger partial charge on any atom is -0.352 e. The van der Waals surface area contributed by atoms with E-state index in [1.165, 1.54) is 0 Å². The molecule has 3 heteroatoms. The molecular weight excluding hydrogens is 236 g/mol. The first kappa shape index (κ1) is 15.7. The lowest BCUT2D eigenvalue weighted by atomic mass is 10.0. The zero-order chi connectivity index (χ0) is 14.1. The fourth-order valence-electron chi connectivity index (χ4n) is 2.19. The van der Waals surface area contributed by atoms with Gasteiger partial charge in [-0.15, -0.1) is 0 Å². The normalized spacial score (nSPS) is 13.8. The van der Waals surface area contributed by atoms with Crippen molar-refractivity contribution >= 4 is 5.91 Å². The topological polar surface area (TPSA) is 55.1 Å². The van der Waals surface area contributed by atoms with Crippen LogP contribution in [-0.2, 0) is 4.79 Å². The average Bonchev–Trinajstić information content (AvgIpc) is 2.45. The van der Waals surface area contributed by atoms with Gasteiger partial charge in [0.2, 0.25) is 5.91 Å².